The van der Waals surface area contributed by atoms with Gasteiger partial charge in [-0.1, -0.05) is 36.8 Å². The van der Waals surface area contributed by atoms with Crippen LogP contribution in [-0.4, -0.2) is 51.2 Å². The molecule has 1 aromatic carbocycles. The summed E-state index contributed by atoms with van der Waals surface area (Å²) < 4.78 is 2.21. The van der Waals surface area contributed by atoms with E-state index in [-0.39, 0.29) is 18.5 Å². The number of likely N-dealkylation sites (tertiary alicyclic amines) is 1. The van der Waals surface area contributed by atoms with E-state index in [1.807, 2.05) is 31.2 Å². The highest BCUT2D eigenvalue weighted by Gasteiger charge is 2.19. The van der Waals surface area contributed by atoms with Crippen LogP contribution in [0.2, 0.25) is 0 Å². The molecular formula is C20H29N5OS. The van der Waals surface area contributed by atoms with Crippen molar-refractivity contribution in [3.63, 3.8) is 0 Å². The summed E-state index contributed by atoms with van der Waals surface area (Å²) in [6.45, 7) is 9.69. The van der Waals surface area contributed by atoms with Crippen molar-refractivity contribution in [1.29, 1.82) is 0 Å². The number of aromatic amines is 1. The van der Waals surface area contributed by atoms with Gasteiger partial charge in [0.05, 0.1) is 0 Å². The van der Waals surface area contributed by atoms with Gasteiger partial charge in [-0.05, 0) is 51.4 Å². The van der Waals surface area contributed by atoms with Crippen LogP contribution in [0.15, 0.2) is 24.3 Å². The highest BCUT2D eigenvalue weighted by atomic mass is 32.1. The summed E-state index contributed by atoms with van der Waals surface area (Å²) in [5.74, 6) is 1.38. The molecule has 0 aliphatic carbocycles. The van der Waals surface area contributed by atoms with Crippen molar-refractivity contribution in [2.75, 3.05) is 19.6 Å². The molecule has 0 spiro atoms. The third kappa shape index (κ3) is 5.26. The Morgan fingerprint density at radius 1 is 1.41 bits per heavy atom. The molecule has 1 fully saturated rings. The monoisotopic (exact) mass is 387 g/mol. The van der Waals surface area contributed by atoms with E-state index in [4.69, 9.17) is 12.2 Å². The van der Waals surface area contributed by atoms with Crippen LogP contribution in [0.5, 0.6) is 0 Å². The van der Waals surface area contributed by atoms with Crippen molar-refractivity contribution in [2.24, 2.45) is 5.92 Å². The molecule has 0 unspecified atom stereocenters. The highest BCUT2D eigenvalue weighted by Crippen LogP contribution is 2.18. The van der Waals surface area contributed by atoms with Gasteiger partial charge in [0, 0.05) is 24.7 Å². The summed E-state index contributed by atoms with van der Waals surface area (Å²) in [6.07, 6.45) is 2.55. The third-order valence-corrected chi connectivity index (χ3v) is 5.36. The second-order valence-corrected chi connectivity index (χ2v) is 8.17. The largest absolute Gasteiger partial charge is 0.351 e. The van der Waals surface area contributed by atoms with Crippen LogP contribution in [0.4, 0.5) is 0 Å². The van der Waals surface area contributed by atoms with Gasteiger partial charge in [-0.25, -0.2) is 0 Å². The van der Waals surface area contributed by atoms with Gasteiger partial charge >= 0.3 is 0 Å². The van der Waals surface area contributed by atoms with E-state index in [0.717, 1.165) is 31.1 Å². The minimum absolute atomic E-state index is 0.0431. The zero-order valence-corrected chi connectivity index (χ0v) is 17.2. The van der Waals surface area contributed by atoms with Gasteiger partial charge in [0.15, 0.2) is 10.6 Å². The van der Waals surface area contributed by atoms with Crippen molar-refractivity contribution >= 4 is 18.1 Å². The second-order valence-electron chi connectivity index (χ2n) is 7.78. The number of carbonyl (C=O) groups excluding carboxylic acids is 1. The van der Waals surface area contributed by atoms with Crippen LogP contribution < -0.4 is 5.32 Å². The molecule has 2 N–H and O–H groups in total. The van der Waals surface area contributed by atoms with Crippen molar-refractivity contribution < 1.29 is 4.79 Å². The van der Waals surface area contributed by atoms with Gasteiger partial charge in [0.2, 0.25) is 5.91 Å². The number of carbonyl (C=O) groups is 1. The van der Waals surface area contributed by atoms with Crippen molar-refractivity contribution in [3.05, 3.63) is 34.6 Å². The number of hydrogen-bond acceptors (Lipinski definition) is 4. The van der Waals surface area contributed by atoms with Crippen LogP contribution in [0.25, 0.3) is 11.4 Å². The topological polar surface area (TPSA) is 66.0 Å². The van der Waals surface area contributed by atoms with Crippen LogP contribution in [0.3, 0.4) is 0 Å². The van der Waals surface area contributed by atoms with Crippen LogP contribution >= 0.6 is 12.2 Å². The maximum absolute atomic E-state index is 12.6. The quantitative estimate of drug-likeness (QED) is 0.748. The first kappa shape index (κ1) is 19.8. The Balaban J connectivity index is 1.61. The molecule has 2 atom stereocenters. The lowest BCUT2D eigenvalue weighted by atomic mass is 10.00. The van der Waals surface area contributed by atoms with E-state index in [9.17, 15) is 4.79 Å². The molecule has 1 amide bonds. The van der Waals surface area contributed by atoms with E-state index in [1.165, 1.54) is 18.4 Å². The molecule has 7 heteroatoms. The first-order valence-electron chi connectivity index (χ1n) is 9.66. The molecule has 3 rings (SSSR count). The zero-order valence-electron chi connectivity index (χ0n) is 16.4. The number of rotatable bonds is 6. The smallest absolute Gasteiger partial charge is 0.240 e. The zero-order chi connectivity index (χ0) is 19.4. The first-order chi connectivity index (χ1) is 12.9. The second kappa shape index (κ2) is 8.80. The SMILES string of the molecule is Cc1ccc(-c2n[nH]c(=S)n2CC(=O)N[C@H](C)CN2CCC[C@@H](C)C2)cc1. The molecule has 1 aromatic heterocycles. The average molecular weight is 388 g/mol. The normalized spacial score (nSPS) is 19.0. The number of amides is 1. The molecule has 2 aromatic rings. The average Bonchev–Trinajstić information content (AvgIpc) is 2.96. The Morgan fingerprint density at radius 3 is 2.85 bits per heavy atom. The number of nitrogens with zero attached hydrogens (tertiary/aromatic N) is 3. The number of piperidine rings is 1. The number of aromatic nitrogens is 3. The number of nitrogens with one attached hydrogen (secondary N) is 2. The van der Waals surface area contributed by atoms with Gasteiger partial charge < -0.3 is 10.2 Å². The molecule has 1 saturated heterocycles. The Hall–Kier alpha value is -1.99. The number of hydrogen-bond donors (Lipinski definition) is 2. The first-order valence-corrected chi connectivity index (χ1v) is 10.1. The molecule has 1 aliphatic rings. The van der Waals surface area contributed by atoms with E-state index in [2.05, 4.69) is 34.3 Å². The van der Waals surface area contributed by atoms with Crippen LogP contribution in [0.1, 0.15) is 32.3 Å². The Bertz CT molecular complexity index is 826. The third-order valence-electron chi connectivity index (χ3n) is 5.05. The summed E-state index contributed by atoms with van der Waals surface area (Å²) >= 11 is 5.33. The molecule has 27 heavy (non-hydrogen) atoms. The minimum atomic E-state index is -0.0431. The lowest BCUT2D eigenvalue weighted by Gasteiger charge is -2.32. The molecule has 2 heterocycles. The molecule has 0 saturated carbocycles. The van der Waals surface area contributed by atoms with E-state index in [0.29, 0.717) is 10.6 Å². The highest BCUT2D eigenvalue weighted by molar-refractivity contribution is 7.71. The molecule has 1 aliphatic heterocycles. The lowest BCUT2D eigenvalue weighted by Crippen LogP contribution is -2.45. The van der Waals surface area contributed by atoms with E-state index in [1.54, 1.807) is 4.57 Å². The Morgan fingerprint density at radius 2 is 2.15 bits per heavy atom. The van der Waals surface area contributed by atoms with Gasteiger partial charge in [-0.2, -0.15) is 5.10 Å². The van der Waals surface area contributed by atoms with E-state index >= 15 is 0 Å². The van der Waals surface area contributed by atoms with Crippen molar-refractivity contribution in [1.82, 2.24) is 25.0 Å². The van der Waals surface area contributed by atoms with E-state index < -0.39 is 0 Å². The minimum Gasteiger partial charge on any atom is -0.351 e. The lowest BCUT2D eigenvalue weighted by molar-refractivity contribution is -0.122. The molecule has 6 nitrogen and oxygen atoms in total. The molecule has 0 bridgehead atoms. The van der Waals surface area contributed by atoms with Gasteiger partial charge in [0.25, 0.3) is 0 Å². The van der Waals surface area contributed by atoms with Gasteiger partial charge in [0.1, 0.15) is 6.54 Å². The maximum Gasteiger partial charge on any atom is 0.240 e. The Labute approximate surface area is 166 Å². The molecule has 146 valence electrons. The van der Waals surface area contributed by atoms with Crippen molar-refractivity contribution in [2.45, 2.75) is 46.2 Å². The Kier molecular flexibility index (Phi) is 6.44. The van der Waals surface area contributed by atoms with Crippen LogP contribution in [-0.2, 0) is 11.3 Å². The number of aryl methyl sites for hydroxylation is 1. The molecule has 0 radical (unpaired) electrons. The summed E-state index contributed by atoms with van der Waals surface area (Å²) in [5, 5.41) is 10.2. The van der Waals surface area contributed by atoms with Gasteiger partial charge in [-0.15, -0.1) is 0 Å². The summed E-state index contributed by atoms with van der Waals surface area (Å²) in [7, 11) is 0. The number of H-pyrrole nitrogens is 1. The van der Waals surface area contributed by atoms with Crippen molar-refractivity contribution in [3.8, 4) is 11.4 Å². The number of benzene rings is 1. The standard InChI is InChI=1S/C20H29N5OS/c1-14-6-8-17(9-7-14)19-22-23-20(27)25(19)13-18(26)21-16(3)12-24-10-4-5-15(2)11-24/h6-9,15-16H,4-5,10-13H2,1-3H3,(H,21,26)(H,23,27)/t15-,16-/m1/s1. The maximum atomic E-state index is 12.6. The fraction of sp³-hybridized carbons (Fsp3) is 0.550. The van der Waals surface area contributed by atoms with Crippen LogP contribution in [0, 0.1) is 17.6 Å². The van der Waals surface area contributed by atoms with Gasteiger partial charge in [-0.3, -0.25) is 14.5 Å². The summed E-state index contributed by atoms with van der Waals surface area (Å²) in [5.41, 5.74) is 2.12. The summed E-state index contributed by atoms with van der Waals surface area (Å²) in [6, 6.07) is 8.15. The fourth-order valence-electron chi connectivity index (χ4n) is 3.74. The summed E-state index contributed by atoms with van der Waals surface area (Å²) in [4.78, 5) is 15.0. The fourth-order valence-corrected chi connectivity index (χ4v) is 3.93. The molecular weight excluding hydrogens is 358 g/mol. The predicted octanol–water partition coefficient (Wildman–Crippen LogP) is 3.15. The predicted molar refractivity (Wildman–Crippen MR) is 110 cm³/mol.